The number of carbonyl (C=O) groups excluding carboxylic acids is 1. The largest absolute Gasteiger partial charge is 0.337 e. The summed E-state index contributed by atoms with van der Waals surface area (Å²) >= 11 is 5.94. The van der Waals surface area contributed by atoms with Crippen LogP contribution in [0.15, 0.2) is 18.2 Å². The second-order valence-corrected chi connectivity index (χ2v) is 4.72. The molecule has 16 heavy (non-hydrogen) atoms. The van der Waals surface area contributed by atoms with Gasteiger partial charge >= 0.3 is 0 Å². The Balaban J connectivity index is 2.18. The molecule has 0 saturated carbocycles. The Kier molecular flexibility index (Phi) is 3.15. The molecule has 1 atom stereocenters. The third-order valence-corrected chi connectivity index (χ3v) is 3.18. The topological polar surface area (TPSA) is 20.3 Å². The van der Waals surface area contributed by atoms with Crippen LogP contribution in [0, 0.1) is 12.7 Å². The molecule has 0 spiro atoms. The Morgan fingerprint density at radius 3 is 2.88 bits per heavy atom. The summed E-state index contributed by atoms with van der Waals surface area (Å²) in [7, 11) is 0. The lowest BCUT2D eigenvalue weighted by Crippen LogP contribution is -2.28. The van der Waals surface area contributed by atoms with Gasteiger partial charge < -0.3 is 4.90 Å². The number of halogens is 2. The Morgan fingerprint density at radius 1 is 1.56 bits per heavy atom. The van der Waals surface area contributed by atoms with E-state index in [1.54, 1.807) is 17.9 Å². The molecule has 0 N–H and O–H groups in total. The van der Waals surface area contributed by atoms with E-state index in [-0.39, 0.29) is 17.1 Å². The smallest absolute Gasteiger partial charge is 0.253 e. The minimum atomic E-state index is -0.284. The average molecular weight is 242 g/mol. The number of amides is 1. The fourth-order valence-electron chi connectivity index (χ4n) is 1.86. The summed E-state index contributed by atoms with van der Waals surface area (Å²) in [6, 6.07) is 4.43. The summed E-state index contributed by atoms with van der Waals surface area (Å²) in [5, 5.41) is 0.0468. The third kappa shape index (κ3) is 2.19. The van der Waals surface area contributed by atoms with Crippen LogP contribution in [0.2, 0.25) is 0 Å². The molecule has 2 nitrogen and oxygen atoms in total. The van der Waals surface area contributed by atoms with Gasteiger partial charge in [-0.2, -0.15) is 0 Å². The van der Waals surface area contributed by atoms with Crippen LogP contribution in [-0.2, 0) is 0 Å². The molecular weight excluding hydrogens is 229 g/mol. The van der Waals surface area contributed by atoms with Crippen molar-refractivity contribution in [2.45, 2.75) is 18.7 Å². The SMILES string of the molecule is Cc1cc(C(=O)N2CCC(Cl)C2)ccc1F. The summed E-state index contributed by atoms with van der Waals surface area (Å²) in [6.07, 6.45) is 0.827. The minimum Gasteiger partial charge on any atom is -0.337 e. The highest BCUT2D eigenvalue weighted by Gasteiger charge is 2.25. The first-order valence-electron chi connectivity index (χ1n) is 5.27. The van der Waals surface area contributed by atoms with Crippen molar-refractivity contribution in [1.82, 2.24) is 4.90 Å². The standard InChI is InChI=1S/C12H13ClFNO/c1-8-6-9(2-3-11(8)14)12(16)15-5-4-10(13)7-15/h2-3,6,10H,4-5,7H2,1H3. The Bertz CT molecular complexity index is 421. The van der Waals surface area contributed by atoms with E-state index in [2.05, 4.69) is 0 Å². The van der Waals surface area contributed by atoms with Gasteiger partial charge in [-0.15, -0.1) is 11.6 Å². The molecule has 1 amide bonds. The zero-order valence-electron chi connectivity index (χ0n) is 9.04. The van der Waals surface area contributed by atoms with Crippen LogP contribution in [0.25, 0.3) is 0 Å². The highest BCUT2D eigenvalue weighted by atomic mass is 35.5. The van der Waals surface area contributed by atoms with Crippen molar-refractivity contribution < 1.29 is 9.18 Å². The van der Waals surface area contributed by atoms with Gasteiger partial charge in [-0.3, -0.25) is 4.79 Å². The van der Waals surface area contributed by atoms with Gasteiger partial charge in [0.1, 0.15) is 5.82 Å². The average Bonchev–Trinajstić information content (AvgIpc) is 2.68. The molecule has 1 saturated heterocycles. The molecule has 1 aliphatic rings. The van der Waals surface area contributed by atoms with Gasteiger partial charge in [-0.25, -0.2) is 4.39 Å². The number of aryl methyl sites for hydroxylation is 1. The van der Waals surface area contributed by atoms with Gasteiger partial charge in [0.25, 0.3) is 5.91 Å². The van der Waals surface area contributed by atoms with E-state index in [0.717, 1.165) is 6.42 Å². The third-order valence-electron chi connectivity index (χ3n) is 2.82. The first-order chi connectivity index (χ1) is 7.58. The number of nitrogens with zero attached hydrogens (tertiary/aromatic N) is 1. The second kappa shape index (κ2) is 4.42. The minimum absolute atomic E-state index is 0.0468. The van der Waals surface area contributed by atoms with Crippen molar-refractivity contribution in [3.05, 3.63) is 35.1 Å². The second-order valence-electron chi connectivity index (χ2n) is 4.10. The number of alkyl halides is 1. The van der Waals surface area contributed by atoms with Crippen LogP contribution in [0.4, 0.5) is 4.39 Å². The Morgan fingerprint density at radius 2 is 2.31 bits per heavy atom. The van der Waals surface area contributed by atoms with Crippen molar-refractivity contribution >= 4 is 17.5 Å². The molecule has 86 valence electrons. The zero-order chi connectivity index (χ0) is 11.7. The van der Waals surface area contributed by atoms with Gasteiger partial charge in [0.2, 0.25) is 0 Å². The number of benzene rings is 1. The lowest BCUT2D eigenvalue weighted by atomic mass is 10.1. The van der Waals surface area contributed by atoms with Gasteiger partial charge in [-0.05, 0) is 37.1 Å². The van der Waals surface area contributed by atoms with E-state index in [1.165, 1.54) is 12.1 Å². The number of likely N-dealkylation sites (tertiary alicyclic amines) is 1. The van der Waals surface area contributed by atoms with Gasteiger partial charge in [0.05, 0.1) is 5.38 Å². The summed E-state index contributed by atoms with van der Waals surface area (Å²) < 4.78 is 13.1. The van der Waals surface area contributed by atoms with Crippen LogP contribution >= 0.6 is 11.6 Å². The summed E-state index contributed by atoms with van der Waals surface area (Å²) in [4.78, 5) is 13.7. The molecule has 4 heteroatoms. The quantitative estimate of drug-likeness (QED) is 0.692. The summed E-state index contributed by atoms with van der Waals surface area (Å²) in [6.45, 7) is 2.92. The molecular formula is C12H13ClFNO. The van der Waals surface area contributed by atoms with Crippen molar-refractivity contribution in [2.24, 2.45) is 0 Å². The van der Waals surface area contributed by atoms with Crippen LogP contribution in [0.5, 0.6) is 0 Å². The fourth-order valence-corrected chi connectivity index (χ4v) is 2.13. The number of rotatable bonds is 1. The molecule has 1 fully saturated rings. The van der Waals surface area contributed by atoms with E-state index in [1.807, 2.05) is 0 Å². The Hall–Kier alpha value is -1.09. The van der Waals surface area contributed by atoms with Crippen molar-refractivity contribution in [2.75, 3.05) is 13.1 Å². The molecule has 1 heterocycles. The van der Waals surface area contributed by atoms with E-state index >= 15 is 0 Å². The van der Waals surface area contributed by atoms with E-state index in [9.17, 15) is 9.18 Å². The van der Waals surface area contributed by atoms with Crippen LogP contribution in [0.3, 0.4) is 0 Å². The molecule has 0 radical (unpaired) electrons. The van der Waals surface area contributed by atoms with Crippen molar-refractivity contribution in [1.29, 1.82) is 0 Å². The summed E-state index contributed by atoms with van der Waals surface area (Å²) in [5.74, 6) is -0.348. The maximum Gasteiger partial charge on any atom is 0.253 e. The highest BCUT2D eigenvalue weighted by Crippen LogP contribution is 2.18. The lowest BCUT2D eigenvalue weighted by molar-refractivity contribution is 0.0793. The highest BCUT2D eigenvalue weighted by molar-refractivity contribution is 6.21. The monoisotopic (exact) mass is 241 g/mol. The molecule has 0 aliphatic carbocycles. The van der Waals surface area contributed by atoms with Gasteiger partial charge in [-0.1, -0.05) is 0 Å². The lowest BCUT2D eigenvalue weighted by Gasteiger charge is -2.15. The van der Waals surface area contributed by atoms with Gasteiger partial charge in [0, 0.05) is 18.7 Å². The first-order valence-corrected chi connectivity index (χ1v) is 5.71. The Labute approximate surface area is 99.0 Å². The van der Waals surface area contributed by atoms with Crippen LogP contribution in [0.1, 0.15) is 22.3 Å². The maximum absolute atomic E-state index is 13.1. The molecule has 1 unspecified atom stereocenters. The predicted octanol–water partition coefficient (Wildman–Crippen LogP) is 2.59. The molecule has 1 aliphatic heterocycles. The zero-order valence-corrected chi connectivity index (χ0v) is 9.80. The molecule has 1 aromatic rings. The maximum atomic E-state index is 13.1. The van der Waals surface area contributed by atoms with Crippen LogP contribution < -0.4 is 0 Å². The van der Waals surface area contributed by atoms with Gasteiger partial charge in [0.15, 0.2) is 0 Å². The fraction of sp³-hybridized carbons (Fsp3) is 0.417. The van der Waals surface area contributed by atoms with E-state index in [4.69, 9.17) is 11.6 Å². The molecule has 1 aromatic carbocycles. The number of carbonyl (C=O) groups is 1. The van der Waals surface area contributed by atoms with E-state index < -0.39 is 0 Å². The van der Waals surface area contributed by atoms with Crippen molar-refractivity contribution in [3.63, 3.8) is 0 Å². The summed E-state index contributed by atoms with van der Waals surface area (Å²) in [5.41, 5.74) is 1.03. The number of hydrogen-bond acceptors (Lipinski definition) is 1. The molecule has 2 rings (SSSR count). The van der Waals surface area contributed by atoms with E-state index in [0.29, 0.717) is 24.2 Å². The predicted molar refractivity (Wildman–Crippen MR) is 61.3 cm³/mol. The number of hydrogen-bond donors (Lipinski definition) is 0. The van der Waals surface area contributed by atoms with Crippen LogP contribution in [-0.4, -0.2) is 29.3 Å². The molecule has 0 aromatic heterocycles. The van der Waals surface area contributed by atoms with Crippen molar-refractivity contribution in [3.8, 4) is 0 Å². The molecule has 0 bridgehead atoms. The normalized spacial score (nSPS) is 20.2. The first kappa shape index (κ1) is 11.4.